The standard InChI is InChI=1S/C17H27NO3/c1-17(2,3)14(16(20)21)18-15(19)13-11-5-9-4-10(7-11)8-12(13)6-9/h9-14H,4-8H2,1-3H3,(H,18,19)(H,20,21)/t9?,10?,11?,12?,13?,14-/m1/s1. The lowest BCUT2D eigenvalue weighted by Gasteiger charge is -2.53. The Bertz CT molecular complexity index is 423. The maximum atomic E-state index is 12.7. The molecule has 0 aromatic heterocycles. The molecular weight excluding hydrogens is 266 g/mol. The monoisotopic (exact) mass is 293 g/mol. The zero-order valence-corrected chi connectivity index (χ0v) is 13.3. The first-order chi connectivity index (χ1) is 9.75. The molecule has 1 amide bonds. The molecule has 0 heterocycles. The van der Waals surface area contributed by atoms with Crippen molar-refractivity contribution in [3.05, 3.63) is 0 Å². The molecule has 0 unspecified atom stereocenters. The highest BCUT2D eigenvalue weighted by Crippen LogP contribution is 2.56. The van der Waals surface area contributed by atoms with Crippen molar-refractivity contribution in [2.24, 2.45) is 35.0 Å². The van der Waals surface area contributed by atoms with Crippen molar-refractivity contribution in [2.45, 2.75) is 58.9 Å². The van der Waals surface area contributed by atoms with Gasteiger partial charge in [-0.25, -0.2) is 4.79 Å². The minimum atomic E-state index is -0.931. The van der Waals surface area contributed by atoms with Crippen molar-refractivity contribution in [1.82, 2.24) is 5.32 Å². The summed E-state index contributed by atoms with van der Waals surface area (Å²) in [5.41, 5.74) is -0.465. The smallest absolute Gasteiger partial charge is 0.326 e. The van der Waals surface area contributed by atoms with Crippen molar-refractivity contribution in [3.8, 4) is 0 Å². The highest BCUT2D eigenvalue weighted by Gasteiger charge is 2.51. The van der Waals surface area contributed by atoms with E-state index in [0.717, 1.165) is 11.8 Å². The Morgan fingerprint density at radius 1 is 1.00 bits per heavy atom. The second-order valence-corrected chi connectivity index (χ2v) is 8.60. The molecule has 4 bridgehead atoms. The van der Waals surface area contributed by atoms with E-state index in [2.05, 4.69) is 5.32 Å². The summed E-state index contributed by atoms with van der Waals surface area (Å²) in [6, 6.07) is -0.804. The van der Waals surface area contributed by atoms with Gasteiger partial charge in [0.05, 0.1) is 0 Å². The Hall–Kier alpha value is -1.06. The van der Waals surface area contributed by atoms with Crippen LogP contribution in [0.5, 0.6) is 0 Å². The van der Waals surface area contributed by atoms with Crippen molar-refractivity contribution in [1.29, 1.82) is 0 Å². The third-order valence-electron chi connectivity index (χ3n) is 5.93. The predicted molar refractivity (Wildman–Crippen MR) is 79.6 cm³/mol. The SMILES string of the molecule is CC(C)(C)[C@H](NC(=O)C1C2CC3CC(C2)CC1C3)C(=O)O. The Balaban J connectivity index is 1.72. The van der Waals surface area contributed by atoms with Gasteiger partial charge in [0, 0.05) is 5.92 Å². The summed E-state index contributed by atoms with van der Waals surface area (Å²) in [4.78, 5) is 24.2. The van der Waals surface area contributed by atoms with E-state index in [1.807, 2.05) is 20.8 Å². The van der Waals surface area contributed by atoms with Crippen LogP contribution in [0.1, 0.15) is 52.9 Å². The van der Waals surface area contributed by atoms with Gasteiger partial charge in [-0.2, -0.15) is 0 Å². The van der Waals surface area contributed by atoms with Crippen LogP contribution in [0.25, 0.3) is 0 Å². The molecule has 0 aromatic rings. The summed E-state index contributed by atoms with van der Waals surface area (Å²) in [5.74, 6) is 1.77. The lowest BCUT2D eigenvalue weighted by atomic mass is 9.51. The molecule has 118 valence electrons. The van der Waals surface area contributed by atoms with Gasteiger partial charge in [-0.1, -0.05) is 20.8 Å². The average Bonchev–Trinajstić information content (AvgIpc) is 2.32. The van der Waals surface area contributed by atoms with Gasteiger partial charge < -0.3 is 10.4 Å². The van der Waals surface area contributed by atoms with Gasteiger partial charge in [0.25, 0.3) is 0 Å². The summed E-state index contributed by atoms with van der Waals surface area (Å²) in [6.07, 6.45) is 6.08. The number of hydrogen-bond donors (Lipinski definition) is 2. The molecule has 0 spiro atoms. The normalized spacial score (nSPS) is 39.1. The Labute approximate surface area is 126 Å². The largest absolute Gasteiger partial charge is 0.480 e. The zero-order valence-electron chi connectivity index (χ0n) is 13.3. The van der Waals surface area contributed by atoms with E-state index >= 15 is 0 Å². The number of carboxylic acid groups (broad SMARTS) is 1. The van der Waals surface area contributed by atoms with E-state index in [1.165, 1.54) is 32.1 Å². The molecule has 4 fully saturated rings. The predicted octanol–water partition coefficient (Wildman–Crippen LogP) is 2.67. The molecule has 4 saturated carbocycles. The zero-order chi connectivity index (χ0) is 15.4. The van der Waals surface area contributed by atoms with Gasteiger partial charge >= 0.3 is 5.97 Å². The van der Waals surface area contributed by atoms with Crippen molar-refractivity contribution in [2.75, 3.05) is 0 Å². The van der Waals surface area contributed by atoms with E-state index in [9.17, 15) is 14.7 Å². The highest BCUT2D eigenvalue weighted by atomic mass is 16.4. The fourth-order valence-electron chi connectivity index (χ4n) is 5.24. The second-order valence-electron chi connectivity index (χ2n) is 8.60. The molecule has 1 atom stereocenters. The molecule has 4 rings (SSSR count). The molecule has 0 saturated heterocycles. The lowest BCUT2D eigenvalue weighted by Crippen LogP contribution is -2.56. The quantitative estimate of drug-likeness (QED) is 0.840. The molecule has 21 heavy (non-hydrogen) atoms. The Morgan fingerprint density at radius 2 is 1.48 bits per heavy atom. The number of aliphatic carboxylic acids is 1. The minimum Gasteiger partial charge on any atom is -0.480 e. The van der Waals surface area contributed by atoms with Crippen molar-refractivity contribution >= 4 is 11.9 Å². The molecule has 0 radical (unpaired) electrons. The van der Waals surface area contributed by atoms with Crippen molar-refractivity contribution < 1.29 is 14.7 Å². The molecule has 0 aliphatic heterocycles. The highest BCUT2D eigenvalue weighted by molar-refractivity contribution is 5.86. The fraction of sp³-hybridized carbons (Fsp3) is 0.882. The Morgan fingerprint density at radius 3 is 1.86 bits per heavy atom. The number of carbonyl (C=O) groups excluding carboxylic acids is 1. The lowest BCUT2D eigenvalue weighted by molar-refractivity contribution is -0.149. The molecule has 4 aliphatic carbocycles. The molecule has 0 aromatic carbocycles. The van der Waals surface area contributed by atoms with E-state index in [-0.39, 0.29) is 11.8 Å². The summed E-state index contributed by atoms with van der Waals surface area (Å²) in [5, 5.41) is 12.2. The third-order valence-corrected chi connectivity index (χ3v) is 5.93. The minimum absolute atomic E-state index is 0.00822. The van der Waals surface area contributed by atoms with Crippen LogP contribution < -0.4 is 5.32 Å². The first-order valence-corrected chi connectivity index (χ1v) is 8.29. The van der Waals surface area contributed by atoms with Crippen LogP contribution in [0.15, 0.2) is 0 Å². The van der Waals surface area contributed by atoms with Crippen LogP contribution in [0.2, 0.25) is 0 Å². The van der Waals surface area contributed by atoms with Gasteiger partial charge in [0.2, 0.25) is 5.91 Å². The van der Waals surface area contributed by atoms with Gasteiger partial charge in [0.1, 0.15) is 6.04 Å². The first-order valence-electron chi connectivity index (χ1n) is 8.29. The van der Waals surface area contributed by atoms with E-state index in [0.29, 0.717) is 11.8 Å². The molecular formula is C17H27NO3. The molecule has 4 heteroatoms. The Kier molecular flexibility index (Phi) is 3.53. The summed E-state index contributed by atoms with van der Waals surface area (Å²) in [6.45, 7) is 5.59. The van der Waals surface area contributed by atoms with Crippen LogP contribution in [0, 0.1) is 35.0 Å². The van der Waals surface area contributed by atoms with Gasteiger partial charge in [0.15, 0.2) is 0 Å². The maximum Gasteiger partial charge on any atom is 0.326 e. The van der Waals surface area contributed by atoms with Crippen LogP contribution in [-0.4, -0.2) is 23.0 Å². The van der Waals surface area contributed by atoms with Gasteiger partial charge in [-0.05, 0) is 61.2 Å². The van der Waals surface area contributed by atoms with Gasteiger partial charge in [-0.15, -0.1) is 0 Å². The summed E-state index contributed by atoms with van der Waals surface area (Å²) in [7, 11) is 0. The maximum absolute atomic E-state index is 12.7. The third kappa shape index (κ3) is 2.69. The van der Waals surface area contributed by atoms with Gasteiger partial charge in [-0.3, -0.25) is 4.79 Å². The first kappa shape index (κ1) is 14.9. The van der Waals surface area contributed by atoms with Crippen molar-refractivity contribution in [3.63, 3.8) is 0 Å². The average molecular weight is 293 g/mol. The summed E-state index contributed by atoms with van der Waals surface area (Å²) < 4.78 is 0. The van der Waals surface area contributed by atoms with Crippen LogP contribution in [-0.2, 0) is 9.59 Å². The van der Waals surface area contributed by atoms with E-state index in [4.69, 9.17) is 0 Å². The van der Waals surface area contributed by atoms with Crippen LogP contribution in [0.4, 0.5) is 0 Å². The number of nitrogens with one attached hydrogen (secondary N) is 1. The molecule has 4 nitrogen and oxygen atoms in total. The van der Waals surface area contributed by atoms with E-state index in [1.54, 1.807) is 0 Å². The number of hydrogen-bond acceptors (Lipinski definition) is 2. The number of carboxylic acids is 1. The summed E-state index contributed by atoms with van der Waals surface area (Å²) >= 11 is 0. The van der Waals surface area contributed by atoms with Crippen LogP contribution in [0.3, 0.4) is 0 Å². The molecule has 2 N–H and O–H groups in total. The fourth-order valence-corrected chi connectivity index (χ4v) is 5.24. The van der Waals surface area contributed by atoms with E-state index < -0.39 is 17.4 Å². The number of rotatable bonds is 3. The topological polar surface area (TPSA) is 66.4 Å². The second kappa shape index (κ2) is 4.99. The number of amides is 1. The molecule has 4 aliphatic rings. The van der Waals surface area contributed by atoms with Crippen LogP contribution >= 0.6 is 0 Å². The number of carbonyl (C=O) groups is 2.